The zero-order valence-electron chi connectivity index (χ0n) is 16.5. The van der Waals surface area contributed by atoms with Crippen molar-refractivity contribution in [3.05, 3.63) is 96.4 Å². The van der Waals surface area contributed by atoms with Gasteiger partial charge in [0.1, 0.15) is 0 Å². The quantitative estimate of drug-likeness (QED) is 0.282. The smallest absolute Gasteiger partial charge is 0.277 e. The molecule has 0 aliphatic heterocycles. The molecular weight excluding hydrogens is 410 g/mol. The molecule has 1 aromatic heterocycles. The van der Waals surface area contributed by atoms with E-state index in [0.29, 0.717) is 28.9 Å². The topological polar surface area (TPSA) is 92.7 Å². The summed E-state index contributed by atoms with van der Waals surface area (Å²) in [6, 6.07) is 26.5. The van der Waals surface area contributed by atoms with Crippen molar-refractivity contribution in [1.82, 2.24) is 10.2 Å². The lowest BCUT2D eigenvalue weighted by Crippen LogP contribution is -2.13. The lowest BCUT2D eigenvalue weighted by Gasteiger charge is -2.04. The Labute approximate surface area is 183 Å². The van der Waals surface area contributed by atoms with Crippen LogP contribution in [0.3, 0.4) is 0 Å². The fourth-order valence-electron chi connectivity index (χ4n) is 2.68. The summed E-state index contributed by atoms with van der Waals surface area (Å²) in [6.45, 7) is 0. The molecule has 0 spiro atoms. The van der Waals surface area contributed by atoms with Crippen molar-refractivity contribution in [3.8, 4) is 0 Å². The van der Waals surface area contributed by atoms with E-state index in [2.05, 4.69) is 25.7 Å². The number of amides is 1. The summed E-state index contributed by atoms with van der Waals surface area (Å²) in [5.74, 6) is 0.531. The molecule has 0 fully saturated rings. The van der Waals surface area contributed by atoms with Crippen LogP contribution in [0.4, 0.5) is 17.1 Å². The average molecular weight is 430 g/mol. The molecule has 0 unspecified atom stereocenters. The summed E-state index contributed by atoms with van der Waals surface area (Å²) in [7, 11) is 0. The first-order valence-corrected chi connectivity index (χ1v) is 10.6. The average Bonchev–Trinajstić information content (AvgIpc) is 3.26. The van der Waals surface area contributed by atoms with Gasteiger partial charge >= 0.3 is 0 Å². The van der Waals surface area contributed by atoms with Crippen molar-refractivity contribution in [3.63, 3.8) is 0 Å². The second-order valence-electron chi connectivity index (χ2n) is 6.54. The van der Waals surface area contributed by atoms with E-state index in [0.717, 1.165) is 11.3 Å². The van der Waals surface area contributed by atoms with Gasteiger partial charge in [0.05, 0.1) is 23.5 Å². The minimum absolute atomic E-state index is 0.161. The van der Waals surface area contributed by atoms with Crippen LogP contribution in [0.15, 0.2) is 105 Å². The molecule has 1 amide bonds. The lowest BCUT2D eigenvalue weighted by molar-refractivity contribution is -0.113. The number of rotatable bonds is 8. The van der Waals surface area contributed by atoms with Gasteiger partial charge in [-0.1, -0.05) is 60.3 Å². The molecule has 0 radical (unpaired) electrons. The van der Waals surface area contributed by atoms with Gasteiger partial charge in [-0.2, -0.15) is 10.2 Å². The molecule has 154 valence electrons. The first-order valence-electron chi connectivity index (χ1n) is 9.60. The van der Waals surface area contributed by atoms with Gasteiger partial charge in [0, 0.05) is 5.69 Å². The van der Waals surface area contributed by atoms with E-state index in [1.54, 1.807) is 24.3 Å². The second-order valence-corrected chi connectivity index (χ2v) is 7.47. The highest BCUT2D eigenvalue weighted by atomic mass is 32.2. The van der Waals surface area contributed by atoms with E-state index >= 15 is 0 Å². The minimum Gasteiger partial charge on any atom is -0.416 e. The van der Waals surface area contributed by atoms with Crippen LogP contribution in [-0.2, 0) is 11.2 Å². The van der Waals surface area contributed by atoms with Crippen molar-refractivity contribution in [2.45, 2.75) is 11.6 Å². The fraction of sp³-hybridized carbons (Fsp3) is 0.0870. The standard InChI is InChI=1S/C23H19N5O2S/c29-21(16-31-23-28-27-22(30-23)15-17-7-3-1-4-8-17)24-18-11-13-20(14-12-18)26-25-19-9-5-2-6-10-19/h1-14H,15-16H2,(H,24,29). The summed E-state index contributed by atoms with van der Waals surface area (Å²) < 4.78 is 5.61. The summed E-state index contributed by atoms with van der Waals surface area (Å²) in [5, 5.41) is 19.6. The number of hydrogen-bond donors (Lipinski definition) is 1. The SMILES string of the molecule is O=C(CSc1nnc(Cc2ccccc2)o1)Nc1ccc(N=Nc2ccccc2)cc1. The molecule has 0 aliphatic rings. The summed E-state index contributed by atoms with van der Waals surface area (Å²) in [4.78, 5) is 12.2. The van der Waals surface area contributed by atoms with Crippen LogP contribution in [0, 0.1) is 0 Å². The van der Waals surface area contributed by atoms with E-state index in [4.69, 9.17) is 4.42 Å². The normalized spacial score (nSPS) is 11.0. The molecule has 31 heavy (non-hydrogen) atoms. The molecule has 1 heterocycles. The first kappa shape index (κ1) is 20.5. The zero-order valence-corrected chi connectivity index (χ0v) is 17.3. The third kappa shape index (κ3) is 6.35. The lowest BCUT2D eigenvalue weighted by atomic mass is 10.2. The Morgan fingerprint density at radius 3 is 2.19 bits per heavy atom. The molecule has 0 bridgehead atoms. The fourth-order valence-corrected chi connectivity index (χ4v) is 3.26. The number of anilines is 1. The van der Waals surface area contributed by atoms with Crippen LogP contribution in [0.1, 0.15) is 11.5 Å². The van der Waals surface area contributed by atoms with E-state index in [1.165, 1.54) is 11.8 Å². The number of nitrogens with zero attached hydrogens (tertiary/aromatic N) is 4. The summed E-state index contributed by atoms with van der Waals surface area (Å²) in [5.41, 5.74) is 3.25. The number of azo groups is 1. The predicted molar refractivity (Wildman–Crippen MR) is 120 cm³/mol. The second kappa shape index (κ2) is 10.3. The van der Waals surface area contributed by atoms with Crippen molar-refractivity contribution in [2.75, 3.05) is 11.1 Å². The van der Waals surface area contributed by atoms with E-state index in [-0.39, 0.29) is 11.7 Å². The van der Waals surface area contributed by atoms with Gasteiger partial charge in [-0.15, -0.1) is 10.2 Å². The molecule has 0 aliphatic carbocycles. The third-order valence-corrected chi connectivity index (χ3v) is 4.98. The van der Waals surface area contributed by atoms with Gasteiger partial charge in [-0.25, -0.2) is 0 Å². The van der Waals surface area contributed by atoms with Gasteiger partial charge in [-0.3, -0.25) is 4.79 Å². The monoisotopic (exact) mass is 429 g/mol. The van der Waals surface area contributed by atoms with Crippen LogP contribution in [-0.4, -0.2) is 21.9 Å². The number of thioether (sulfide) groups is 1. The number of hydrogen-bond acceptors (Lipinski definition) is 7. The molecule has 4 aromatic rings. The highest BCUT2D eigenvalue weighted by Crippen LogP contribution is 2.21. The van der Waals surface area contributed by atoms with Gasteiger partial charge in [0.25, 0.3) is 5.22 Å². The largest absolute Gasteiger partial charge is 0.416 e. The number of carbonyl (C=O) groups excluding carboxylic acids is 1. The minimum atomic E-state index is -0.161. The van der Waals surface area contributed by atoms with E-state index < -0.39 is 0 Å². The van der Waals surface area contributed by atoms with Crippen LogP contribution in [0.2, 0.25) is 0 Å². The Bertz CT molecular complexity index is 1150. The van der Waals surface area contributed by atoms with Gasteiger partial charge in [-0.05, 0) is 42.0 Å². The third-order valence-electron chi connectivity index (χ3n) is 4.16. The Balaban J connectivity index is 1.25. The molecule has 7 nitrogen and oxygen atoms in total. The Kier molecular flexibility index (Phi) is 6.81. The van der Waals surface area contributed by atoms with E-state index in [1.807, 2.05) is 60.7 Å². The molecule has 0 saturated carbocycles. The Hall–Kier alpha value is -3.78. The number of benzene rings is 3. The van der Waals surface area contributed by atoms with Crippen LogP contribution in [0.5, 0.6) is 0 Å². The van der Waals surface area contributed by atoms with Crippen LogP contribution >= 0.6 is 11.8 Å². The van der Waals surface area contributed by atoms with Gasteiger partial charge in [0.15, 0.2) is 0 Å². The van der Waals surface area contributed by atoms with Crippen molar-refractivity contribution >= 4 is 34.7 Å². The van der Waals surface area contributed by atoms with Gasteiger partial charge < -0.3 is 9.73 Å². The summed E-state index contributed by atoms with van der Waals surface area (Å²) >= 11 is 1.20. The molecule has 0 saturated heterocycles. The molecule has 8 heteroatoms. The number of aromatic nitrogens is 2. The number of nitrogens with one attached hydrogen (secondary N) is 1. The maximum absolute atomic E-state index is 12.2. The molecule has 0 atom stereocenters. The Morgan fingerprint density at radius 1 is 0.839 bits per heavy atom. The molecular formula is C23H19N5O2S. The maximum Gasteiger partial charge on any atom is 0.277 e. The molecule has 4 rings (SSSR count). The molecule has 3 aromatic carbocycles. The van der Waals surface area contributed by atoms with Crippen LogP contribution in [0.25, 0.3) is 0 Å². The number of carbonyl (C=O) groups is 1. The predicted octanol–water partition coefficient (Wildman–Crippen LogP) is 5.81. The summed E-state index contributed by atoms with van der Waals surface area (Å²) in [6.07, 6.45) is 0.564. The van der Waals surface area contributed by atoms with Crippen molar-refractivity contribution < 1.29 is 9.21 Å². The van der Waals surface area contributed by atoms with Gasteiger partial charge in [0.2, 0.25) is 11.8 Å². The van der Waals surface area contributed by atoms with Crippen molar-refractivity contribution in [2.24, 2.45) is 10.2 Å². The first-order chi connectivity index (χ1) is 15.2. The zero-order chi connectivity index (χ0) is 21.3. The highest BCUT2D eigenvalue weighted by molar-refractivity contribution is 7.99. The Morgan fingerprint density at radius 2 is 1.48 bits per heavy atom. The van der Waals surface area contributed by atoms with E-state index in [9.17, 15) is 4.79 Å². The van der Waals surface area contributed by atoms with Crippen LogP contribution < -0.4 is 5.32 Å². The molecule has 1 N–H and O–H groups in total. The highest BCUT2D eigenvalue weighted by Gasteiger charge is 2.10. The van der Waals surface area contributed by atoms with Crippen molar-refractivity contribution in [1.29, 1.82) is 0 Å². The maximum atomic E-state index is 12.2.